The summed E-state index contributed by atoms with van der Waals surface area (Å²) in [5.41, 5.74) is 1.00. The number of nitrogens with one attached hydrogen (secondary N) is 2. The first-order chi connectivity index (χ1) is 14.6. The zero-order valence-corrected chi connectivity index (χ0v) is 16.5. The van der Waals surface area contributed by atoms with Gasteiger partial charge in [-0.25, -0.2) is 0 Å². The quantitative estimate of drug-likeness (QED) is 0.561. The maximum Gasteiger partial charge on any atom is 0.308 e. The van der Waals surface area contributed by atoms with Crippen LogP contribution in [0.2, 0.25) is 0 Å². The number of fused-ring (bicyclic) bond motifs is 1. The molecule has 2 N–H and O–H groups in total. The Morgan fingerprint density at radius 1 is 0.900 bits per heavy atom. The topological polar surface area (TPSA) is 93.7 Å². The summed E-state index contributed by atoms with van der Waals surface area (Å²) in [7, 11) is 1.48. The molecule has 2 amide bonds. The molecule has 0 fully saturated rings. The highest BCUT2D eigenvalue weighted by Crippen LogP contribution is 2.19. The summed E-state index contributed by atoms with van der Waals surface area (Å²) < 4.78 is 10.1. The van der Waals surface area contributed by atoms with E-state index in [-0.39, 0.29) is 18.9 Å². The fourth-order valence-electron chi connectivity index (χ4n) is 2.89. The van der Waals surface area contributed by atoms with Gasteiger partial charge < -0.3 is 20.1 Å². The second-order valence-corrected chi connectivity index (χ2v) is 6.48. The second kappa shape index (κ2) is 10.1. The fraction of sp³-hybridized carbons (Fsp3) is 0.174. The van der Waals surface area contributed by atoms with Crippen molar-refractivity contribution in [1.29, 1.82) is 0 Å². The van der Waals surface area contributed by atoms with Crippen LogP contribution in [0.1, 0.15) is 16.8 Å². The molecule has 3 aromatic rings. The molecule has 3 rings (SSSR count). The van der Waals surface area contributed by atoms with Crippen LogP contribution in [0.4, 0.5) is 5.69 Å². The molecule has 0 bridgehead atoms. The Bertz CT molecular complexity index is 1060. The molecule has 0 radical (unpaired) electrons. The molecule has 154 valence electrons. The van der Waals surface area contributed by atoms with Crippen LogP contribution in [0.3, 0.4) is 0 Å². The Kier molecular flexibility index (Phi) is 7.00. The van der Waals surface area contributed by atoms with Crippen LogP contribution in [0.25, 0.3) is 10.8 Å². The van der Waals surface area contributed by atoms with E-state index in [2.05, 4.69) is 10.6 Å². The third-order valence-corrected chi connectivity index (χ3v) is 4.36. The van der Waals surface area contributed by atoms with Crippen LogP contribution < -0.4 is 15.4 Å². The summed E-state index contributed by atoms with van der Waals surface area (Å²) in [6.45, 7) is -0.311. The highest BCUT2D eigenvalue weighted by Gasteiger charge is 2.13. The molecule has 0 spiro atoms. The zero-order valence-electron chi connectivity index (χ0n) is 16.5. The van der Waals surface area contributed by atoms with Crippen LogP contribution in [0.15, 0.2) is 66.7 Å². The monoisotopic (exact) mass is 406 g/mol. The van der Waals surface area contributed by atoms with E-state index in [1.165, 1.54) is 7.11 Å². The number of carbonyl (C=O) groups excluding carboxylic acids is 3. The van der Waals surface area contributed by atoms with Gasteiger partial charge in [-0.3, -0.25) is 14.4 Å². The van der Waals surface area contributed by atoms with E-state index in [0.29, 0.717) is 17.0 Å². The van der Waals surface area contributed by atoms with Crippen molar-refractivity contribution >= 4 is 34.2 Å². The first-order valence-corrected chi connectivity index (χ1v) is 9.42. The Morgan fingerprint density at radius 3 is 2.43 bits per heavy atom. The summed E-state index contributed by atoms with van der Waals surface area (Å²) in [4.78, 5) is 36.0. The zero-order chi connectivity index (χ0) is 21.3. The smallest absolute Gasteiger partial charge is 0.308 e. The van der Waals surface area contributed by atoms with E-state index in [9.17, 15) is 14.4 Å². The van der Waals surface area contributed by atoms with Gasteiger partial charge in [0, 0.05) is 12.2 Å². The standard InChI is InChI=1S/C23H22N2O5/c1-29-20-9-5-4-8-19(20)23(28)24-13-12-22(27)30-15-21(26)25-18-11-10-16-6-2-3-7-17(16)14-18/h2-11,14H,12-13,15H2,1H3,(H,24,28)(H,25,26). The van der Waals surface area contributed by atoms with Crippen molar-refractivity contribution < 1.29 is 23.9 Å². The maximum absolute atomic E-state index is 12.2. The number of hydrogen-bond donors (Lipinski definition) is 2. The average Bonchev–Trinajstić information content (AvgIpc) is 2.77. The lowest BCUT2D eigenvalue weighted by molar-refractivity contribution is -0.147. The normalized spacial score (nSPS) is 10.3. The molecule has 7 nitrogen and oxygen atoms in total. The van der Waals surface area contributed by atoms with E-state index in [1.54, 1.807) is 30.3 Å². The third kappa shape index (κ3) is 5.57. The highest BCUT2D eigenvalue weighted by molar-refractivity contribution is 5.97. The number of rotatable bonds is 8. The molecule has 0 aromatic heterocycles. The summed E-state index contributed by atoms with van der Waals surface area (Å²) in [6, 6.07) is 20.1. The van der Waals surface area contributed by atoms with Crippen LogP contribution >= 0.6 is 0 Å². The molecule has 0 unspecified atom stereocenters. The van der Waals surface area contributed by atoms with E-state index < -0.39 is 18.5 Å². The lowest BCUT2D eigenvalue weighted by Crippen LogP contribution is -2.28. The van der Waals surface area contributed by atoms with Gasteiger partial charge in [-0.1, -0.05) is 42.5 Å². The second-order valence-electron chi connectivity index (χ2n) is 6.48. The summed E-state index contributed by atoms with van der Waals surface area (Å²) >= 11 is 0. The van der Waals surface area contributed by atoms with Crippen LogP contribution in [0.5, 0.6) is 5.75 Å². The number of methoxy groups -OCH3 is 1. The fourth-order valence-corrected chi connectivity index (χ4v) is 2.89. The third-order valence-electron chi connectivity index (χ3n) is 4.36. The van der Waals surface area contributed by atoms with Crippen molar-refractivity contribution in [2.24, 2.45) is 0 Å². The van der Waals surface area contributed by atoms with Crippen molar-refractivity contribution in [2.75, 3.05) is 25.6 Å². The van der Waals surface area contributed by atoms with E-state index in [4.69, 9.17) is 9.47 Å². The molecular formula is C23H22N2O5. The maximum atomic E-state index is 12.2. The number of esters is 1. The molecule has 0 saturated carbocycles. The molecule has 30 heavy (non-hydrogen) atoms. The number of para-hydroxylation sites is 1. The number of carbonyl (C=O) groups is 3. The molecule has 0 atom stereocenters. The minimum Gasteiger partial charge on any atom is -0.496 e. The molecule has 0 aliphatic carbocycles. The van der Waals surface area contributed by atoms with Gasteiger partial charge in [-0.15, -0.1) is 0 Å². The largest absolute Gasteiger partial charge is 0.496 e. The van der Waals surface area contributed by atoms with Gasteiger partial charge in [-0.05, 0) is 35.0 Å². The summed E-state index contributed by atoms with van der Waals surface area (Å²) in [6.07, 6.45) is -0.0514. The SMILES string of the molecule is COc1ccccc1C(=O)NCCC(=O)OCC(=O)Nc1ccc2ccccc2c1. The summed E-state index contributed by atoms with van der Waals surface area (Å²) in [5.74, 6) is -0.919. The Hall–Kier alpha value is -3.87. The molecule has 0 aliphatic heterocycles. The molecule has 0 heterocycles. The van der Waals surface area contributed by atoms with Crippen LogP contribution in [-0.2, 0) is 14.3 Å². The minimum atomic E-state index is -0.580. The number of amides is 2. The minimum absolute atomic E-state index is 0.0514. The van der Waals surface area contributed by atoms with E-state index in [1.807, 2.05) is 36.4 Å². The Morgan fingerprint density at radius 2 is 1.63 bits per heavy atom. The number of ether oxygens (including phenoxy) is 2. The van der Waals surface area contributed by atoms with Crippen molar-refractivity contribution in [3.8, 4) is 5.75 Å². The average molecular weight is 406 g/mol. The van der Waals surface area contributed by atoms with Crippen LogP contribution in [0, 0.1) is 0 Å². The van der Waals surface area contributed by atoms with Gasteiger partial charge in [0.1, 0.15) is 5.75 Å². The van der Waals surface area contributed by atoms with Gasteiger partial charge in [0.15, 0.2) is 6.61 Å². The van der Waals surface area contributed by atoms with Crippen molar-refractivity contribution in [3.05, 3.63) is 72.3 Å². The predicted octanol–water partition coefficient (Wildman–Crippen LogP) is 3.15. The Labute approximate surface area is 174 Å². The molecule has 7 heteroatoms. The van der Waals surface area contributed by atoms with Gasteiger partial charge in [0.2, 0.25) is 0 Å². The molecule has 0 aliphatic rings. The summed E-state index contributed by atoms with van der Waals surface area (Å²) in [5, 5.41) is 7.39. The Balaban J connectivity index is 1.40. The van der Waals surface area contributed by atoms with E-state index in [0.717, 1.165) is 10.8 Å². The number of hydrogen-bond acceptors (Lipinski definition) is 5. The first-order valence-electron chi connectivity index (χ1n) is 9.42. The number of benzene rings is 3. The van der Waals surface area contributed by atoms with E-state index >= 15 is 0 Å². The van der Waals surface area contributed by atoms with Gasteiger partial charge in [0.25, 0.3) is 11.8 Å². The van der Waals surface area contributed by atoms with Gasteiger partial charge in [0.05, 0.1) is 19.1 Å². The highest BCUT2D eigenvalue weighted by atomic mass is 16.5. The van der Waals surface area contributed by atoms with Crippen molar-refractivity contribution in [2.45, 2.75) is 6.42 Å². The first kappa shape index (κ1) is 20.9. The number of anilines is 1. The van der Waals surface area contributed by atoms with Gasteiger partial charge in [-0.2, -0.15) is 0 Å². The van der Waals surface area contributed by atoms with Gasteiger partial charge >= 0.3 is 5.97 Å². The van der Waals surface area contributed by atoms with Crippen molar-refractivity contribution in [3.63, 3.8) is 0 Å². The predicted molar refractivity (Wildman–Crippen MR) is 113 cm³/mol. The van der Waals surface area contributed by atoms with Crippen LogP contribution in [-0.4, -0.2) is 38.0 Å². The molecular weight excluding hydrogens is 384 g/mol. The molecule has 3 aromatic carbocycles. The lowest BCUT2D eigenvalue weighted by atomic mass is 10.1. The lowest BCUT2D eigenvalue weighted by Gasteiger charge is -2.09. The molecule has 0 saturated heterocycles. The van der Waals surface area contributed by atoms with Crippen molar-refractivity contribution in [1.82, 2.24) is 5.32 Å².